The lowest BCUT2D eigenvalue weighted by Gasteiger charge is -2.12. The molecule has 2 unspecified atom stereocenters. The molecular formula is C11H16O3. The molecule has 0 fully saturated rings. The van der Waals surface area contributed by atoms with Crippen LogP contribution in [0, 0.1) is 0 Å². The molecule has 0 heterocycles. The van der Waals surface area contributed by atoms with Crippen LogP contribution in [-0.2, 0) is 0 Å². The van der Waals surface area contributed by atoms with Crippen molar-refractivity contribution in [1.29, 1.82) is 0 Å². The van der Waals surface area contributed by atoms with Crippen molar-refractivity contribution in [3.05, 3.63) is 35.9 Å². The minimum absolute atomic E-state index is 0.249. The van der Waals surface area contributed by atoms with Crippen molar-refractivity contribution in [3.8, 4) is 0 Å². The van der Waals surface area contributed by atoms with E-state index in [4.69, 9.17) is 10.2 Å². The van der Waals surface area contributed by atoms with Crippen LogP contribution < -0.4 is 0 Å². The quantitative estimate of drug-likeness (QED) is 0.654. The van der Waals surface area contributed by atoms with Gasteiger partial charge >= 0.3 is 0 Å². The van der Waals surface area contributed by atoms with E-state index in [1.165, 1.54) is 0 Å². The van der Waals surface area contributed by atoms with E-state index in [0.29, 0.717) is 12.8 Å². The Labute approximate surface area is 83.6 Å². The van der Waals surface area contributed by atoms with Gasteiger partial charge in [-0.2, -0.15) is 0 Å². The maximum absolute atomic E-state index is 9.67. The number of hydrogen-bond acceptors (Lipinski definition) is 3. The van der Waals surface area contributed by atoms with Gasteiger partial charge in [0.05, 0.1) is 18.8 Å². The van der Waals surface area contributed by atoms with Crippen LogP contribution in [0.1, 0.15) is 24.5 Å². The van der Waals surface area contributed by atoms with Gasteiger partial charge in [-0.1, -0.05) is 30.3 Å². The molecule has 1 rings (SSSR count). The van der Waals surface area contributed by atoms with E-state index in [-0.39, 0.29) is 6.61 Å². The maximum atomic E-state index is 9.67. The minimum Gasteiger partial charge on any atom is -0.394 e. The van der Waals surface area contributed by atoms with Crippen LogP contribution in [0.2, 0.25) is 0 Å². The summed E-state index contributed by atoms with van der Waals surface area (Å²) in [5.41, 5.74) is 0.845. The first kappa shape index (κ1) is 11.2. The topological polar surface area (TPSA) is 60.7 Å². The number of aliphatic hydroxyl groups excluding tert-OH is 3. The second kappa shape index (κ2) is 5.75. The third-order valence-corrected chi connectivity index (χ3v) is 2.17. The van der Waals surface area contributed by atoms with Gasteiger partial charge in [-0.3, -0.25) is 0 Å². The first-order valence-corrected chi connectivity index (χ1v) is 4.76. The molecule has 3 N–H and O–H groups in total. The van der Waals surface area contributed by atoms with Crippen molar-refractivity contribution < 1.29 is 15.3 Å². The number of hydrogen-bond donors (Lipinski definition) is 3. The van der Waals surface area contributed by atoms with Crippen molar-refractivity contribution in [1.82, 2.24) is 0 Å². The van der Waals surface area contributed by atoms with Crippen LogP contribution in [0.3, 0.4) is 0 Å². The van der Waals surface area contributed by atoms with E-state index in [2.05, 4.69) is 0 Å². The fourth-order valence-electron chi connectivity index (χ4n) is 1.28. The molecule has 0 spiro atoms. The summed E-state index contributed by atoms with van der Waals surface area (Å²) in [6.07, 6.45) is -0.413. The molecule has 0 aliphatic heterocycles. The fraction of sp³-hybridized carbons (Fsp3) is 0.455. The van der Waals surface area contributed by atoms with Gasteiger partial charge in [0.25, 0.3) is 0 Å². The SMILES string of the molecule is OCC(O)CCC(O)c1ccccc1. The molecule has 0 aliphatic carbocycles. The zero-order valence-corrected chi connectivity index (χ0v) is 8.00. The third-order valence-electron chi connectivity index (χ3n) is 2.17. The largest absolute Gasteiger partial charge is 0.394 e. The average Bonchev–Trinajstić information content (AvgIpc) is 2.26. The number of benzene rings is 1. The lowest BCUT2D eigenvalue weighted by atomic mass is 10.0. The van der Waals surface area contributed by atoms with Gasteiger partial charge in [0.2, 0.25) is 0 Å². The van der Waals surface area contributed by atoms with Crippen LogP contribution >= 0.6 is 0 Å². The van der Waals surface area contributed by atoms with E-state index in [0.717, 1.165) is 5.56 Å². The first-order valence-electron chi connectivity index (χ1n) is 4.76. The number of rotatable bonds is 5. The molecule has 3 nitrogen and oxygen atoms in total. The standard InChI is InChI=1S/C11H16O3/c12-8-10(13)6-7-11(14)9-4-2-1-3-5-9/h1-5,10-14H,6-8H2. The molecule has 0 bridgehead atoms. The van der Waals surface area contributed by atoms with Gasteiger partial charge in [0.1, 0.15) is 0 Å². The van der Waals surface area contributed by atoms with Gasteiger partial charge in [-0.05, 0) is 18.4 Å². The molecule has 14 heavy (non-hydrogen) atoms. The Morgan fingerprint density at radius 2 is 1.64 bits per heavy atom. The second-order valence-electron chi connectivity index (χ2n) is 3.34. The van der Waals surface area contributed by atoms with Gasteiger partial charge in [0.15, 0.2) is 0 Å². The molecule has 3 heteroatoms. The summed E-state index contributed by atoms with van der Waals surface area (Å²) in [6.45, 7) is -0.249. The Balaban J connectivity index is 2.39. The Morgan fingerprint density at radius 1 is 1.00 bits per heavy atom. The second-order valence-corrected chi connectivity index (χ2v) is 3.34. The monoisotopic (exact) mass is 196 g/mol. The summed E-state index contributed by atoms with van der Waals surface area (Å²) in [7, 11) is 0. The van der Waals surface area contributed by atoms with Crippen molar-refractivity contribution in [3.63, 3.8) is 0 Å². The van der Waals surface area contributed by atoms with E-state index >= 15 is 0 Å². The fourth-order valence-corrected chi connectivity index (χ4v) is 1.28. The summed E-state index contributed by atoms with van der Waals surface area (Å²) in [4.78, 5) is 0. The van der Waals surface area contributed by atoms with Gasteiger partial charge in [-0.25, -0.2) is 0 Å². The molecule has 0 amide bonds. The average molecular weight is 196 g/mol. The summed E-state index contributed by atoms with van der Waals surface area (Å²) in [6, 6.07) is 9.30. The molecule has 0 radical (unpaired) electrons. The van der Waals surface area contributed by atoms with E-state index in [9.17, 15) is 5.11 Å². The highest BCUT2D eigenvalue weighted by Crippen LogP contribution is 2.18. The van der Waals surface area contributed by atoms with Gasteiger partial charge < -0.3 is 15.3 Å². The van der Waals surface area contributed by atoms with E-state index < -0.39 is 12.2 Å². The van der Waals surface area contributed by atoms with Crippen molar-refractivity contribution in [2.24, 2.45) is 0 Å². The highest BCUT2D eigenvalue weighted by molar-refractivity contribution is 5.17. The van der Waals surface area contributed by atoms with Crippen molar-refractivity contribution >= 4 is 0 Å². The molecule has 2 atom stereocenters. The molecule has 0 aromatic heterocycles. The van der Waals surface area contributed by atoms with Gasteiger partial charge in [-0.15, -0.1) is 0 Å². The Hall–Kier alpha value is -0.900. The molecule has 1 aromatic rings. The smallest absolute Gasteiger partial charge is 0.0791 e. The lowest BCUT2D eigenvalue weighted by Crippen LogP contribution is -2.13. The molecule has 0 saturated carbocycles. The molecule has 78 valence electrons. The molecule has 1 aromatic carbocycles. The Morgan fingerprint density at radius 3 is 2.21 bits per heavy atom. The van der Waals surface area contributed by atoms with Crippen LogP contribution in [0.25, 0.3) is 0 Å². The minimum atomic E-state index is -0.728. The van der Waals surface area contributed by atoms with Gasteiger partial charge in [0, 0.05) is 0 Å². The van der Waals surface area contributed by atoms with Crippen LogP contribution in [0.15, 0.2) is 30.3 Å². The normalized spacial score (nSPS) is 15.1. The zero-order valence-electron chi connectivity index (χ0n) is 8.00. The van der Waals surface area contributed by atoms with Crippen LogP contribution in [0.5, 0.6) is 0 Å². The Kier molecular flexibility index (Phi) is 4.59. The summed E-state index contributed by atoms with van der Waals surface area (Å²) >= 11 is 0. The molecular weight excluding hydrogens is 180 g/mol. The highest BCUT2D eigenvalue weighted by atomic mass is 16.3. The summed E-state index contributed by atoms with van der Waals surface area (Å²) in [5.74, 6) is 0. The zero-order chi connectivity index (χ0) is 10.4. The third kappa shape index (κ3) is 3.46. The van der Waals surface area contributed by atoms with Crippen LogP contribution in [0.4, 0.5) is 0 Å². The molecule has 0 saturated heterocycles. The first-order chi connectivity index (χ1) is 6.74. The number of aliphatic hydroxyl groups is 3. The lowest BCUT2D eigenvalue weighted by molar-refractivity contribution is 0.0683. The predicted octanol–water partition coefficient (Wildman–Crippen LogP) is 0.853. The van der Waals surface area contributed by atoms with E-state index in [1.807, 2.05) is 30.3 Å². The van der Waals surface area contributed by atoms with Crippen LogP contribution in [-0.4, -0.2) is 28.0 Å². The van der Waals surface area contributed by atoms with Crippen molar-refractivity contribution in [2.75, 3.05) is 6.61 Å². The summed E-state index contributed by atoms with van der Waals surface area (Å²) in [5, 5.41) is 27.4. The highest BCUT2D eigenvalue weighted by Gasteiger charge is 2.09. The summed E-state index contributed by atoms with van der Waals surface area (Å²) < 4.78 is 0. The molecule has 0 aliphatic rings. The Bertz CT molecular complexity index is 248. The van der Waals surface area contributed by atoms with E-state index in [1.54, 1.807) is 0 Å². The predicted molar refractivity (Wildman–Crippen MR) is 53.7 cm³/mol. The van der Waals surface area contributed by atoms with Crippen molar-refractivity contribution in [2.45, 2.75) is 25.0 Å². The maximum Gasteiger partial charge on any atom is 0.0791 e.